The molecule has 0 amide bonds. The van der Waals surface area contributed by atoms with Crippen LogP contribution >= 0.6 is 0 Å². The molecule has 0 bridgehead atoms. The SMILES string of the molecule is C=C[SiH](c1ccccc1)c1cccc2ccccc12. The fraction of sp³-hybridized carbons (Fsp3) is 0. The average molecular weight is 260 g/mol. The Morgan fingerprint density at radius 2 is 1.42 bits per heavy atom. The highest BCUT2D eigenvalue weighted by atomic mass is 28.3. The Labute approximate surface area is 115 Å². The minimum Gasteiger partial charge on any atom is -0.107 e. The van der Waals surface area contributed by atoms with E-state index in [1.165, 1.54) is 21.1 Å². The highest BCUT2D eigenvalue weighted by Crippen LogP contribution is 2.12. The van der Waals surface area contributed by atoms with E-state index < -0.39 is 8.80 Å². The molecule has 1 heteroatoms. The average Bonchev–Trinajstić information content (AvgIpc) is 2.49. The van der Waals surface area contributed by atoms with Gasteiger partial charge in [0.15, 0.2) is 0 Å². The van der Waals surface area contributed by atoms with Crippen LogP contribution in [-0.2, 0) is 0 Å². The standard InChI is InChI=1S/C18H16Si/c1-2-19(16-11-4-3-5-12-16)18-14-8-10-15-9-6-7-13-17(15)18/h2-14,19H,1H2. The molecule has 19 heavy (non-hydrogen) atoms. The van der Waals surface area contributed by atoms with Gasteiger partial charge in [-0.15, -0.1) is 6.58 Å². The van der Waals surface area contributed by atoms with Gasteiger partial charge >= 0.3 is 0 Å². The summed E-state index contributed by atoms with van der Waals surface area (Å²) in [6.45, 7) is 4.08. The molecule has 0 aliphatic heterocycles. The van der Waals surface area contributed by atoms with Gasteiger partial charge in [0.05, 0.1) is 0 Å². The lowest BCUT2D eigenvalue weighted by Gasteiger charge is -2.14. The predicted molar refractivity (Wildman–Crippen MR) is 87.0 cm³/mol. The number of hydrogen-bond acceptors (Lipinski definition) is 0. The van der Waals surface area contributed by atoms with Crippen LogP contribution in [0, 0.1) is 0 Å². The van der Waals surface area contributed by atoms with E-state index in [1.807, 2.05) is 0 Å². The first kappa shape index (κ1) is 11.9. The second-order valence-electron chi connectivity index (χ2n) is 4.69. The summed E-state index contributed by atoms with van der Waals surface area (Å²) in [7, 11) is -1.32. The third-order valence-corrected chi connectivity index (χ3v) is 6.30. The second-order valence-corrected chi connectivity index (χ2v) is 7.41. The van der Waals surface area contributed by atoms with Crippen LogP contribution in [0.25, 0.3) is 10.8 Å². The highest BCUT2D eigenvalue weighted by Gasteiger charge is 2.14. The van der Waals surface area contributed by atoms with E-state index >= 15 is 0 Å². The summed E-state index contributed by atoms with van der Waals surface area (Å²) in [4.78, 5) is 0. The van der Waals surface area contributed by atoms with Crippen LogP contribution in [0.1, 0.15) is 0 Å². The number of fused-ring (bicyclic) bond motifs is 1. The monoisotopic (exact) mass is 260 g/mol. The van der Waals surface area contributed by atoms with Crippen molar-refractivity contribution < 1.29 is 0 Å². The summed E-state index contributed by atoms with van der Waals surface area (Å²) < 4.78 is 0. The van der Waals surface area contributed by atoms with Crippen LogP contribution in [0.5, 0.6) is 0 Å². The second kappa shape index (κ2) is 5.25. The Morgan fingerprint density at radius 3 is 2.21 bits per heavy atom. The first-order valence-corrected chi connectivity index (χ1v) is 8.37. The predicted octanol–water partition coefficient (Wildman–Crippen LogP) is 2.91. The topological polar surface area (TPSA) is 0 Å². The molecule has 0 saturated carbocycles. The Balaban J connectivity index is 2.20. The summed E-state index contributed by atoms with van der Waals surface area (Å²) in [6, 6.07) is 26.0. The molecule has 0 nitrogen and oxygen atoms in total. The molecule has 0 aliphatic carbocycles. The van der Waals surface area contributed by atoms with Gasteiger partial charge in [0, 0.05) is 0 Å². The maximum Gasteiger partial charge on any atom is 0.125 e. The van der Waals surface area contributed by atoms with Gasteiger partial charge in [0.2, 0.25) is 0 Å². The van der Waals surface area contributed by atoms with Gasteiger partial charge in [-0.05, 0) is 16.0 Å². The minimum atomic E-state index is -1.32. The lowest BCUT2D eigenvalue weighted by molar-refractivity contribution is 1.75. The molecule has 92 valence electrons. The van der Waals surface area contributed by atoms with E-state index in [4.69, 9.17) is 0 Å². The van der Waals surface area contributed by atoms with Crippen LogP contribution in [-0.4, -0.2) is 8.80 Å². The summed E-state index contributed by atoms with van der Waals surface area (Å²) >= 11 is 0. The fourth-order valence-electron chi connectivity index (χ4n) is 2.62. The van der Waals surface area contributed by atoms with Crippen molar-refractivity contribution >= 4 is 29.9 Å². The van der Waals surface area contributed by atoms with E-state index in [0.717, 1.165) is 0 Å². The molecule has 0 saturated heterocycles. The van der Waals surface area contributed by atoms with Gasteiger partial charge in [-0.25, -0.2) is 0 Å². The number of rotatable bonds is 3. The van der Waals surface area contributed by atoms with E-state index in [2.05, 4.69) is 85.1 Å². The van der Waals surface area contributed by atoms with Gasteiger partial charge in [0.1, 0.15) is 8.80 Å². The Hall–Kier alpha value is -2.12. The molecule has 0 radical (unpaired) electrons. The van der Waals surface area contributed by atoms with Gasteiger partial charge < -0.3 is 0 Å². The maximum atomic E-state index is 4.08. The molecule has 0 aliphatic rings. The van der Waals surface area contributed by atoms with Crippen LogP contribution in [0.2, 0.25) is 0 Å². The lowest BCUT2D eigenvalue weighted by Crippen LogP contribution is -2.40. The van der Waals surface area contributed by atoms with Gasteiger partial charge in [0.25, 0.3) is 0 Å². The van der Waals surface area contributed by atoms with E-state index in [1.54, 1.807) is 0 Å². The number of hydrogen-bond donors (Lipinski definition) is 0. The van der Waals surface area contributed by atoms with Gasteiger partial charge in [-0.2, -0.15) is 0 Å². The molecule has 0 N–H and O–H groups in total. The molecule has 3 rings (SSSR count). The van der Waals surface area contributed by atoms with Crippen molar-refractivity contribution in [1.82, 2.24) is 0 Å². The molecule has 3 aromatic rings. The maximum absolute atomic E-state index is 4.08. The highest BCUT2D eigenvalue weighted by molar-refractivity contribution is 6.90. The lowest BCUT2D eigenvalue weighted by atomic mass is 10.1. The molecule has 1 unspecified atom stereocenters. The van der Waals surface area contributed by atoms with Crippen LogP contribution in [0.4, 0.5) is 0 Å². The van der Waals surface area contributed by atoms with Crippen molar-refractivity contribution in [2.45, 2.75) is 0 Å². The molecular formula is C18H16Si. The van der Waals surface area contributed by atoms with Crippen molar-refractivity contribution in [2.75, 3.05) is 0 Å². The van der Waals surface area contributed by atoms with Gasteiger partial charge in [-0.3, -0.25) is 0 Å². The van der Waals surface area contributed by atoms with Crippen molar-refractivity contribution in [2.24, 2.45) is 0 Å². The Kier molecular flexibility index (Phi) is 3.30. The Bertz CT molecular complexity index is 696. The third kappa shape index (κ3) is 2.25. The zero-order valence-corrected chi connectivity index (χ0v) is 11.9. The summed E-state index contributed by atoms with van der Waals surface area (Å²) in [5.74, 6) is 0. The fourth-order valence-corrected chi connectivity index (χ4v) is 5.06. The molecular weight excluding hydrogens is 244 g/mol. The van der Waals surface area contributed by atoms with Crippen molar-refractivity contribution in [3.63, 3.8) is 0 Å². The van der Waals surface area contributed by atoms with Crippen LogP contribution in [0.15, 0.2) is 85.1 Å². The van der Waals surface area contributed by atoms with E-state index in [9.17, 15) is 0 Å². The smallest absolute Gasteiger partial charge is 0.107 e. The van der Waals surface area contributed by atoms with Crippen LogP contribution in [0.3, 0.4) is 0 Å². The normalized spacial score (nSPS) is 12.2. The molecule has 1 atom stereocenters. The zero-order valence-electron chi connectivity index (χ0n) is 10.8. The summed E-state index contributed by atoms with van der Waals surface area (Å²) in [5, 5.41) is 5.56. The minimum absolute atomic E-state index is 1.32. The third-order valence-electron chi connectivity index (χ3n) is 3.55. The molecule has 3 aromatic carbocycles. The largest absolute Gasteiger partial charge is 0.125 e. The van der Waals surface area contributed by atoms with E-state index in [-0.39, 0.29) is 0 Å². The zero-order chi connectivity index (χ0) is 13.1. The number of benzene rings is 3. The molecule has 0 fully saturated rings. The molecule has 0 aromatic heterocycles. The van der Waals surface area contributed by atoms with Crippen molar-refractivity contribution in [1.29, 1.82) is 0 Å². The summed E-state index contributed by atoms with van der Waals surface area (Å²) in [5.41, 5.74) is 2.16. The van der Waals surface area contributed by atoms with Crippen molar-refractivity contribution in [3.05, 3.63) is 85.1 Å². The van der Waals surface area contributed by atoms with Crippen LogP contribution < -0.4 is 10.4 Å². The quantitative estimate of drug-likeness (QED) is 0.635. The Morgan fingerprint density at radius 1 is 0.737 bits per heavy atom. The van der Waals surface area contributed by atoms with Crippen molar-refractivity contribution in [3.8, 4) is 0 Å². The molecule has 0 spiro atoms. The molecule has 0 heterocycles. The first-order valence-electron chi connectivity index (χ1n) is 6.55. The summed E-state index contributed by atoms with van der Waals surface area (Å²) in [6.07, 6.45) is 0. The first-order chi connectivity index (χ1) is 9.40. The van der Waals surface area contributed by atoms with Gasteiger partial charge in [-0.1, -0.05) is 83.7 Å². The van der Waals surface area contributed by atoms with E-state index in [0.29, 0.717) is 0 Å².